The SMILES string of the molecule is CCCN(CC(=O)NC)S(=O)(=O)N1CCCNCC1. The van der Waals surface area contributed by atoms with E-state index in [9.17, 15) is 13.2 Å². The van der Waals surface area contributed by atoms with Crippen LogP contribution in [0.4, 0.5) is 0 Å². The summed E-state index contributed by atoms with van der Waals surface area (Å²) in [5, 5.41) is 5.63. The largest absolute Gasteiger partial charge is 0.358 e. The molecular weight excluding hydrogens is 268 g/mol. The summed E-state index contributed by atoms with van der Waals surface area (Å²) in [4.78, 5) is 11.4. The minimum Gasteiger partial charge on any atom is -0.358 e. The van der Waals surface area contributed by atoms with E-state index in [0.29, 0.717) is 32.6 Å². The Hall–Kier alpha value is -0.700. The Balaban J connectivity index is 2.81. The third-order valence-corrected chi connectivity index (χ3v) is 5.01. The van der Waals surface area contributed by atoms with Crippen LogP contribution in [0.5, 0.6) is 0 Å². The summed E-state index contributed by atoms with van der Waals surface area (Å²) in [6, 6.07) is 0. The van der Waals surface area contributed by atoms with E-state index in [-0.39, 0.29) is 12.5 Å². The highest BCUT2D eigenvalue weighted by molar-refractivity contribution is 7.86. The first-order valence-electron chi connectivity index (χ1n) is 6.69. The number of hydrogen-bond donors (Lipinski definition) is 2. The van der Waals surface area contributed by atoms with E-state index in [2.05, 4.69) is 10.6 Å². The predicted molar refractivity (Wildman–Crippen MR) is 73.9 cm³/mol. The van der Waals surface area contributed by atoms with Gasteiger partial charge in [0.2, 0.25) is 5.91 Å². The molecule has 0 spiro atoms. The molecule has 0 aromatic rings. The van der Waals surface area contributed by atoms with Gasteiger partial charge >= 0.3 is 0 Å². The minimum absolute atomic E-state index is 0.114. The van der Waals surface area contributed by atoms with Crippen molar-refractivity contribution in [2.75, 3.05) is 46.3 Å². The molecule has 8 heteroatoms. The van der Waals surface area contributed by atoms with Crippen LogP contribution >= 0.6 is 0 Å². The molecule has 1 heterocycles. The van der Waals surface area contributed by atoms with Gasteiger partial charge in [-0.05, 0) is 19.4 Å². The molecule has 1 aliphatic heterocycles. The third kappa shape index (κ3) is 4.72. The zero-order valence-corrected chi connectivity index (χ0v) is 12.5. The van der Waals surface area contributed by atoms with Gasteiger partial charge in [-0.15, -0.1) is 0 Å². The maximum absolute atomic E-state index is 12.5. The van der Waals surface area contributed by atoms with Crippen LogP contribution in [0.25, 0.3) is 0 Å². The van der Waals surface area contributed by atoms with Crippen LogP contribution in [0.2, 0.25) is 0 Å². The van der Waals surface area contributed by atoms with E-state index in [1.165, 1.54) is 15.7 Å². The number of nitrogens with zero attached hydrogens (tertiary/aromatic N) is 2. The van der Waals surface area contributed by atoms with Crippen molar-refractivity contribution in [3.8, 4) is 0 Å². The van der Waals surface area contributed by atoms with Gasteiger partial charge in [-0.3, -0.25) is 4.79 Å². The van der Waals surface area contributed by atoms with Crippen LogP contribution < -0.4 is 10.6 Å². The van der Waals surface area contributed by atoms with Crippen molar-refractivity contribution in [2.24, 2.45) is 0 Å². The lowest BCUT2D eigenvalue weighted by molar-refractivity contribution is -0.120. The standard InChI is InChI=1S/C11H24N4O3S/c1-3-7-15(10-11(16)12-2)19(17,18)14-8-4-5-13-6-9-14/h13H,3-10H2,1-2H3,(H,12,16). The molecule has 1 saturated heterocycles. The zero-order chi connectivity index (χ0) is 14.3. The Morgan fingerprint density at radius 1 is 1.37 bits per heavy atom. The van der Waals surface area contributed by atoms with Gasteiger partial charge in [-0.25, -0.2) is 0 Å². The van der Waals surface area contributed by atoms with Gasteiger partial charge in [0.15, 0.2) is 0 Å². The topological polar surface area (TPSA) is 81.8 Å². The predicted octanol–water partition coefficient (Wildman–Crippen LogP) is -1.02. The monoisotopic (exact) mass is 292 g/mol. The number of nitrogens with one attached hydrogen (secondary N) is 2. The highest BCUT2D eigenvalue weighted by Gasteiger charge is 2.30. The Kier molecular flexibility index (Phi) is 6.70. The van der Waals surface area contributed by atoms with Gasteiger partial charge in [0.1, 0.15) is 0 Å². The summed E-state index contributed by atoms with van der Waals surface area (Å²) in [7, 11) is -2.04. The van der Waals surface area contributed by atoms with Crippen molar-refractivity contribution < 1.29 is 13.2 Å². The fraction of sp³-hybridized carbons (Fsp3) is 0.909. The summed E-state index contributed by atoms with van der Waals surface area (Å²) in [5.74, 6) is -0.287. The second kappa shape index (κ2) is 7.78. The molecule has 1 fully saturated rings. The molecule has 0 saturated carbocycles. The van der Waals surface area contributed by atoms with Gasteiger partial charge in [-0.2, -0.15) is 17.0 Å². The number of amides is 1. The average Bonchev–Trinajstić information content (AvgIpc) is 2.67. The first-order valence-corrected chi connectivity index (χ1v) is 8.08. The van der Waals surface area contributed by atoms with E-state index in [0.717, 1.165) is 13.0 Å². The van der Waals surface area contributed by atoms with Gasteiger partial charge in [0.05, 0.1) is 6.54 Å². The number of rotatable bonds is 6. The normalized spacial score (nSPS) is 18.3. The van der Waals surface area contributed by atoms with Crippen LogP contribution in [0.1, 0.15) is 19.8 Å². The number of carbonyl (C=O) groups excluding carboxylic acids is 1. The molecule has 0 radical (unpaired) electrons. The van der Waals surface area contributed by atoms with E-state index >= 15 is 0 Å². The quantitative estimate of drug-likeness (QED) is 0.657. The molecule has 0 atom stereocenters. The molecule has 1 aliphatic rings. The molecule has 19 heavy (non-hydrogen) atoms. The van der Waals surface area contributed by atoms with E-state index < -0.39 is 10.2 Å². The zero-order valence-electron chi connectivity index (χ0n) is 11.7. The third-order valence-electron chi connectivity index (χ3n) is 3.02. The van der Waals surface area contributed by atoms with E-state index in [1.54, 1.807) is 0 Å². The summed E-state index contributed by atoms with van der Waals surface area (Å²) in [5.41, 5.74) is 0. The van der Waals surface area contributed by atoms with Gasteiger partial charge < -0.3 is 10.6 Å². The molecular formula is C11H24N4O3S. The molecule has 0 unspecified atom stereocenters. The van der Waals surface area contributed by atoms with Crippen LogP contribution in [0.15, 0.2) is 0 Å². The summed E-state index contributed by atoms with van der Waals surface area (Å²) >= 11 is 0. The van der Waals surface area contributed by atoms with Crippen molar-refractivity contribution in [2.45, 2.75) is 19.8 Å². The van der Waals surface area contributed by atoms with Crippen LogP contribution in [0.3, 0.4) is 0 Å². The molecule has 0 aliphatic carbocycles. The highest BCUT2D eigenvalue weighted by Crippen LogP contribution is 2.11. The molecule has 0 aromatic heterocycles. The molecule has 1 rings (SSSR count). The number of likely N-dealkylation sites (N-methyl/N-ethyl adjacent to an activating group) is 1. The maximum atomic E-state index is 12.5. The maximum Gasteiger partial charge on any atom is 0.282 e. The van der Waals surface area contributed by atoms with Gasteiger partial charge in [0.25, 0.3) is 10.2 Å². The molecule has 2 N–H and O–H groups in total. The Labute approximate surface area is 115 Å². The highest BCUT2D eigenvalue weighted by atomic mass is 32.2. The number of hydrogen-bond acceptors (Lipinski definition) is 4. The second-order valence-corrected chi connectivity index (χ2v) is 6.45. The van der Waals surface area contributed by atoms with Crippen molar-refractivity contribution in [1.29, 1.82) is 0 Å². The fourth-order valence-electron chi connectivity index (χ4n) is 1.98. The Morgan fingerprint density at radius 2 is 2.11 bits per heavy atom. The molecule has 0 bridgehead atoms. The van der Waals surface area contributed by atoms with Crippen LogP contribution in [0, 0.1) is 0 Å². The lowest BCUT2D eigenvalue weighted by Crippen LogP contribution is -2.48. The smallest absolute Gasteiger partial charge is 0.282 e. The van der Waals surface area contributed by atoms with Gasteiger partial charge in [-0.1, -0.05) is 6.92 Å². The first kappa shape index (κ1) is 16.4. The Morgan fingerprint density at radius 3 is 2.74 bits per heavy atom. The van der Waals surface area contributed by atoms with Crippen molar-refractivity contribution in [3.63, 3.8) is 0 Å². The molecule has 7 nitrogen and oxygen atoms in total. The van der Waals surface area contributed by atoms with Gasteiger partial charge in [0, 0.05) is 33.2 Å². The van der Waals surface area contributed by atoms with Crippen molar-refractivity contribution in [3.05, 3.63) is 0 Å². The second-order valence-electron chi connectivity index (χ2n) is 4.52. The lowest BCUT2D eigenvalue weighted by Gasteiger charge is -2.28. The lowest BCUT2D eigenvalue weighted by atomic mass is 10.4. The van der Waals surface area contributed by atoms with E-state index in [4.69, 9.17) is 0 Å². The first-order chi connectivity index (χ1) is 9.02. The summed E-state index contributed by atoms with van der Waals surface area (Å²) < 4.78 is 27.8. The summed E-state index contributed by atoms with van der Waals surface area (Å²) in [6.07, 6.45) is 1.47. The average molecular weight is 292 g/mol. The van der Waals surface area contributed by atoms with Crippen LogP contribution in [-0.2, 0) is 15.0 Å². The number of carbonyl (C=O) groups is 1. The molecule has 0 aromatic carbocycles. The Bertz CT molecular complexity index is 377. The van der Waals surface area contributed by atoms with E-state index in [1.807, 2.05) is 6.92 Å². The molecule has 112 valence electrons. The fourth-order valence-corrected chi connectivity index (χ4v) is 3.68. The van der Waals surface area contributed by atoms with Crippen LogP contribution in [-0.4, -0.2) is 69.3 Å². The minimum atomic E-state index is -3.55. The van der Waals surface area contributed by atoms with Crippen molar-refractivity contribution in [1.82, 2.24) is 19.2 Å². The van der Waals surface area contributed by atoms with Crippen molar-refractivity contribution >= 4 is 16.1 Å². The molecule has 1 amide bonds. The summed E-state index contributed by atoms with van der Waals surface area (Å²) in [6.45, 7) is 4.58.